The van der Waals surface area contributed by atoms with E-state index in [0.29, 0.717) is 29.3 Å². The minimum atomic E-state index is -1.03. The second kappa shape index (κ2) is 11.0. The number of hydrogen-bond acceptors (Lipinski definition) is 3. The van der Waals surface area contributed by atoms with Gasteiger partial charge in [-0.15, -0.1) is 0 Å². The second-order valence-corrected chi connectivity index (χ2v) is 8.81. The highest BCUT2D eigenvalue weighted by molar-refractivity contribution is 6.30. The Morgan fingerprint density at radius 3 is 2.21 bits per heavy atom. The van der Waals surface area contributed by atoms with E-state index in [1.54, 1.807) is 38.1 Å². The summed E-state index contributed by atoms with van der Waals surface area (Å²) in [4.78, 5) is 25.0. The molecule has 0 fully saturated rings. The minimum absolute atomic E-state index is 0.118. The van der Waals surface area contributed by atoms with E-state index in [9.17, 15) is 9.59 Å². The van der Waals surface area contributed by atoms with Crippen molar-refractivity contribution in [3.05, 3.63) is 101 Å². The van der Waals surface area contributed by atoms with Crippen molar-refractivity contribution in [2.75, 3.05) is 6.54 Å². The quantitative estimate of drug-likeness (QED) is 0.448. The number of amides is 2. The fourth-order valence-corrected chi connectivity index (χ4v) is 3.41. The first-order valence-corrected chi connectivity index (χ1v) is 11.3. The van der Waals surface area contributed by atoms with Gasteiger partial charge in [-0.05, 0) is 74.7 Å². The summed E-state index contributed by atoms with van der Waals surface area (Å²) in [7, 11) is 0. The van der Waals surface area contributed by atoms with Crippen molar-refractivity contribution >= 4 is 23.4 Å². The van der Waals surface area contributed by atoms with Crippen molar-refractivity contribution in [1.29, 1.82) is 0 Å². The first-order chi connectivity index (χ1) is 15.7. The van der Waals surface area contributed by atoms with Crippen LogP contribution < -0.4 is 15.4 Å². The van der Waals surface area contributed by atoms with E-state index in [1.165, 1.54) is 0 Å². The van der Waals surface area contributed by atoms with Crippen molar-refractivity contribution in [2.45, 2.75) is 38.8 Å². The summed E-state index contributed by atoms with van der Waals surface area (Å²) in [5.74, 6) is 0.286. The van der Waals surface area contributed by atoms with E-state index >= 15 is 0 Å². The van der Waals surface area contributed by atoms with Crippen LogP contribution in [0.5, 0.6) is 5.75 Å². The Hall–Kier alpha value is -3.31. The fraction of sp³-hybridized carbons (Fsp3) is 0.259. The van der Waals surface area contributed by atoms with Crippen molar-refractivity contribution in [3.63, 3.8) is 0 Å². The predicted octanol–water partition coefficient (Wildman–Crippen LogP) is 5.35. The number of ether oxygens (including phenoxy) is 1. The molecule has 1 atom stereocenters. The molecule has 33 heavy (non-hydrogen) atoms. The van der Waals surface area contributed by atoms with Crippen LogP contribution in [0.4, 0.5) is 0 Å². The molecule has 0 aliphatic heterocycles. The van der Waals surface area contributed by atoms with Crippen molar-refractivity contribution in [2.24, 2.45) is 0 Å². The van der Waals surface area contributed by atoms with Gasteiger partial charge in [-0.2, -0.15) is 0 Å². The molecule has 172 valence electrons. The third-order valence-corrected chi connectivity index (χ3v) is 5.55. The average Bonchev–Trinajstić information content (AvgIpc) is 2.81. The average molecular weight is 465 g/mol. The predicted molar refractivity (Wildman–Crippen MR) is 132 cm³/mol. The van der Waals surface area contributed by atoms with E-state index in [1.807, 2.05) is 61.5 Å². The summed E-state index contributed by atoms with van der Waals surface area (Å²) >= 11 is 5.85. The molecule has 2 N–H and O–H groups in total. The smallest absolute Gasteiger partial charge is 0.264 e. The van der Waals surface area contributed by atoms with Crippen LogP contribution in [-0.2, 0) is 11.2 Å². The van der Waals surface area contributed by atoms with E-state index in [4.69, 9.17) is 16.3 Å². The van der Waals surface area contributed by atoms with Gasteiger partial charge in [0.25, 0.3) is 11.8 Å². The zero-order chi connectivity index (χ0) is 23.8. The second-order valence-electron chi connectivity index (χ2n) is 8.37. The number of carbonyl (C=O) groups excluding carboxylic acids is 2. The Morgan fingerprint density at radius 1 is 0.939 bits per heavy atom. The molecule has 0 aromatic heterocycles. The van der Waals surface area contributed by atoms with Crippen LogP contribution in [0.25, 0.3) is 0 Å². The summed E-state index contributed by atoms with van der Waals surface area (Å²) in [6, 6.07) is 24.0. The van der Waals surface area contributed by atoms with Crippen LogP contribution in [0.3, 0.4) is 0 Å². The molecule has 0 aliphatic carbocycles. The summed E-state index contributed by atoms with van der Waals surface area (Å²) in [6.07, 6.45) is 0.679. The van der Waals surface area contributed by atoms with E-state index in [2.05, 4.69) is 10.6 Å². The molecule has 0 heterocycles. The minimum Gasteiger partial charge on any atom is -0.478 e. The topological polar surface area (TPSA) is 67.4 Å². The van der Waals surface area contributed by atoms with Crippen LogP contribution in [0.1, 0.15) is 48.3 Å². The number of hydrogen-bond donors (Lipinski definition) is 2. The Kier molecular flexibility index (Phi) is 8.12. The molecule has 2 amide bonds. The van der Waals surface area contributed by atoms with E-state index in [-0.39, 0.29) is 17.9 Å². The first-order valence-electron chi connectivity index (χ1n) is 10.9. The normalized spacial score (nSPS) is 12.0. The fourth-order valence-electron chi connectivity index (χ4n) is 3.28. The Labute approximate surface area is 200 Å². The monoisotopic (exact) mass is 464 g/mol. The summed E-state index contributed by atoms with van der Waals surface area (Å²) in [6.45, 7) is 5.96. The van der Waals surface area contributed by atoms with Gasteiger partial charge in [0, 0.05) is 17.1 Å². The molecule has 0 saturated carbocycles. The molecule has 3 rings (SSSR count). The van der Waals surface area contributed by atoms with Crippen LogP contribution in [0, 0.1) is 0 Å². The maximum Gasteiger partial charge on any atom is 0.264 e. The molecule has 0 spiro atoms. The van der Waals surface area contributed by atoms with Gasteiger partial charge in [-0.25, -0.2) is 0 Å². The van der Waals surface area contributed by atoms with Gasteiger partial charge >= 0.3 is 0 Å². The molecular weight excluding hydrogens is 436 g/mol. The molecule has 0 aliphatic rings. The lowest BCUT2D eigenvalue weighted by molar-refractivity contribution is -0.134. The van der Waals surface area contributed by atoms with Crippen LogP contribution in [0.2, 0.25) is 5.02 Å². The summed E-state index contributed by atoms with van der Waals surface area (Å²) < 4.78 is 5.97. The highest BCUT2D eigenvalue weighted by Gasteiger charge is 2.31. The molecule has 3 aromatic carbocycles. The third kappa shape index (κ3) is 7.09. The number of benzene rings is 3. The number of nitrogens with one attached hydrogen (secondary N) is 2. The summed E-state index contributed by atoms with van der Waals surface area (Å²) in [5.41, 5.74) is 1.63. The molecule has 0 radical (unpaired) electrons. The molecule has 0 saturated heterocycles. The van der Waals surface area contributed by atoms with E-state index in [0.717, 1.165) is 11.1 Å². The van der Waals surface area contributed by atoms with Gasteiger partial charge in [-0.1, -0.05) is 54.1 Å². The Morgan fingerprint density at radius 2 is 1.58 bits per heavy atom. The molecule has 0 unspecified atom stereocenters. The molecular formula is C27H29ClN2O3. The highest BCUT2D eigenvalue weighted by atomic mass is 35.5. The lowest BCUT2D eigenvalue weighted by Crippen LogP contribution is -2.47. The van der Waals surface area contributed by atoms with Gasteiger partial charge in [0.05, 0.1) is 6.04 Å². The first kappa shape index (κ1) is 24.3. The zero-order valence-corrected chi connectivity index (χ0v) is 19.9. The maximum atomic E-state index is 12.8. The van der Waals surface area contributed by atoms with Crippen molar-refractivity contribution < 1.29 is 14.3 Å². The van der Waals surface area contributed by atoms with Gasteiger partial charge in [0.15, 0.2) is 5.60 Å². The molecule has 5 nitrogen and oxygen atoms in total. The highest BCUT2D eigenvalue weighted by Crippen LogP contribution is 2.21. The standard InChI is InChI=1S/C27H29ClN2O3/c1-19(21-7-5-4-6-8-21)30-26(32)27(2,3)33-24-15-9-20(10-16-24)17-18-29-25(31)22-11-13-23(28)14-12-22/h4-16,19H,17-18H2,1-3H3,(H,29,31)(H,30,32)/t19-/m1/s1. The van der Waals surface area contributed by atoms with Gasteiger partial charge < -0.3 is 15.4 Å². The number of halogens is 1. The number of carbonyl (C=O) groups is 2. The third-order valence-electron chi connectivity index (χ3n) is 5.30. The SMILES string of the molecule is C[C@@H](NC(=O)C(C)(C)Oc1ccc(CCNC(=O)c2ccc(Cl)cc2)cc1)c1ccccc1. The van der Waals surface area contributed by atoms with Crippen molar-refractivity contribution in [1.82, 2.24) is 10.6 Å². The van der Waals surface area contributed by atoms with Crippen LogP contribution in [0.15, 0.2) is 78.9 Å². The van der Waals surface area contributed by atoms with E-state index < -0.39 is 5.60 Å². The molecule has 3 aromatic rings. The van der Waals surface area contributed by atoms with Crippen LogP contribution in [-0.4, -0.2) is 24.0 Å². The molecule has 0 bridgehead atoms. The van der Waals surface area contributed by atoms with Crippen molar-refractivity contribution in [3.8, 4) is 5.75 Å². The largest absolute Gasteiger partial charge is 0.478 e. The van der Waals surface area contributed by atoms with Crippen LogP contribution >= 0.6 is 11.6 Å². The Bertz CT molecular complexity index is 1060. The van der Waals surface area contributed by atoms with Gasteiger partial charge in [-0.3, -0.25) is 9.59 Å². The molecule has 6 heteroatoms. The summed E-state index contributed by atoms with van der Waals surface area (Å²) in [5, 5.41) is 6.51. The zero-order valence-electron chi connectivity index (χ0n) is 19.1. The maximum absolute atomic E-state index is 12.8. The lowest BCUT2D eigenvalue weighted by Gasteiger charge is -2.27. The lowest BCUT2D eigenvalue weighted by atomic mass is 10.0. The Balaban J connectivity index is 1.49. The number of rotatable bonds is 9. The van der Waals surface area contributed by atoms with Gasteiger partial charge in [0.2, 0.25) is 0 Å². The van der Waals surface area contributed by atoms with Gasteiger partial charge in [0.1, 0.15) is 5.75 Å².